The number of likely N-dealkylation sites (tertiary alicyclic amines) is 1. The third-order valence-corrected chi connectivity index (χ3v) is 7.80. The monoisotopic (exact) mass is 440 g/mol. The van der Waals surface area contributed by atoms with Gasteiger partial charge in [0, 0.05) is 22.6 Å². The highest BCUT2D eigenvalue weighted by Crippen LogP contribution is 2.27. The summed E-state index contributed by atoms with van der Waals surface area (Å²) in [7, 11) is 0. The Bertz CT molecular complexity index is 862. The minimum atomic E-state index is -0.171. The van der Waals surface area contributed by atoms with E-state index in [1.807, 2.05) is 30.0 Å². The molecule has 2 aromatic rings. The summed E-state index contributed by atoms with van der Waals surface area (Å²) in [6, 6.07) is 13.1. The summed E-state index contributed by atoms with van der Waals surface area (Å²) >= 11 is 1.83. The largest absolute Gasteiger partial charge is 0.316 e. The Hall–Kier alpha value is -1.69. The molecule has 0 radical (unpaired) electrons. The van der Waals surface area contributed by atoms with Gasteiger partial charge in [-0.25, -0.2) is 4.39 Å². The molecule has 0 saturated carbocycles. The van der Waals surface area contributed by atoms with Crippen LogP contribution in [0.5, 0.6) is 0 Å². The lowest BCUT2D eigenvalue weighted by Gasteiger charge is -2.31. The van der Waals surface area contributed by atoms with Crippen molar-refractivity contribution >= 4 is 17.5 Å². The van der Waals surface area contributed by atoms with Crippen molar-refractivity contribution in [3.8, 4) is 0 Å². The van der Waals surface area contributed by atoms with Crippen LogP contribution >= 0.6 is 11.8 Å². The number of piperidine rings is 1. The molecular weight excluding hydrogens is 407 g/mol. The smallest absolute Gasteiger partial charge is 0.162 e. The van der Waals surface area contributed by atoms with E-state index < -0.39 is 0 Å². The van der Waals surface area contributed by atoms with Crippen molar-refractivity contribution in [2.24, 2.45) is 5.92 Å². The predicted molar refractivity (Wildman–Crippen MR) is 127 cm³/mol. The number of halogens is 1. The predicted octanol–water partition coefficient (Wildman–Crippen LogP) is 4.98. The van der Waals surface area contributed by atoms with Crippen LogP contribution in [-0.4, -0.2) is 49.2 Å². The van der Waals surface area contributed by atoms with E-state index >= 15 is 0 Å². The molecule has 2 aliphatic rings. The highest BCUT2D eigenvalue weighted by atomic mass is 32.2. The van der Waals surface area contributed by atoms with Crippen LogP contribution in [0.4, 0.5) is 4.39 Å². The molecule has 5 heteroatoms. The Balaban J connectivity index is 1.15. The Morgan fingerprint density at radius 2 is 1.77 bits per heavy atom. The van der Waals surface area contributed by atoms with E-state index in [1.165, 1.54) is 36.1 Å². The van der Waals surface area contributed by atoms with E-state index in [0.717, 1.165) is 74.1 Å². The second-order valence-corrected chi connectivity index (χ2v) is 9.90. The number of carbonyl (C=O) groups excluding carboxylic acids is 1. The van der Waals surface area contributed by atoms with Gasteiger partial charge in [-0.15, -0.1) is 11.8 Å². The van der Waals surface area contributed by atoms with Gasteiger partial charge in [0.25, 0.3) is 0 Å². The molecule has 1 N–H and O–H groups in total. The maximum atomic E-state index is 13.0. The van der Waals surface area contributed by atoms with Crippen LogP contribution in [0.25, 0.3) is 0 Å². The van der Waals surface area contributed by atoms with Crippen LogP contribution in [0, 0.1) is 11.7 Å². The lowest BCUT2D eigenvalue weighted by Crippen LogP contribution is -2.35. The fourth-order valence-electron chi connectivity index (χ4n) is 4.58. The zero-order valence-corrected chi connectivity index (χ0v) is 19.1. The van der Waals surface area contributed by atoms with E-state index in [4.69, 9.17) is 0 Å². The topological polar surface area (TPSA) is 32.3 Å². The number of ketones is 1. The lowest BCUT2D eigenvalue weighted by atomic mass is 9.96. The van der Waals surface area contributed by atoms with Crippen LogP contribution in [0.2, 0.25) is 0 Å². The molecule has 2 heterocycles. The average molecular weight is 441 g/mol. The molecular formula is C26H33FN2OS. The zero-order valence-electron chi connectivity index (χ0n) is 18.2. The molecule has 2 aliphatic heterocycles. The summed E-state index contributed by atoms with van der Waals surface area (Å²) in [5.41, 5.74) is 3.62. The average Bonchev–Trinajstić information content (AvgIpc) is 3.04. The van der Waals surface area contributed by atoms with Crippen molar-refractivity contribution in [3.63, 3.8) is 0 Å². The first kappa shape index (κ1) is 22.5. The number of nitrogens with one attached hydrogen (secondary N) is 1. The molecule has 0 atom stereocenters. The van der Waals surface area contributed by atoms with Crippen molar-refractivity contribution in [1.82, 2.24) is 10.2 Å². The fraction of sp³-hybridized carbons (Fsp3) is 0.500. The summed E-state index contributed by atoms with van der Waals surface area (Å²) in [5, 5.41) is 3.43. The molecule has 0 unspecified atom stereocenters. The van der Waals surface area contributed by atoms with Crippen molar-refractivity contribution in [1.29, 1.82) is 0 Å². The van der Waals surface area contributed by atoms with E-state index in [0.29, 0.717) is 6.42 Å². The van der Waals surface area contributed by atoms with Crippen molar-refractivity contribution in [2.75, 3.05) is 38.5 Å². The molecule has 0 spiro atoms. The molecule has 166 valence electrons. The maximum absolute atomic E-state index is 13.0. The minimum absolute atomic E-state index is 0.171. The van der Waals surface area contributed by atoms with E-state index in [1.54, 1.807) is 0 Å². The first-order valence-corrected chi connectivity index (χ1v) is 12.6. The van der Waals surface area contributed by atoms with Gasteiger partial charge in [0.2, 0.25) is 0 Å². The van der Waals surface area contributed by atoms with Crippen molar-refractivity contribution in [3.05, 3.63) is 65.0 Å². The van der Waals surface area contributed by atoms with Gasteiger partial charge >= 0.3 is 0 Å². The Morgan fingerprint density at radius 3 is 2.55 bits per heavy atom. The summed E-state index contributed by atoms with van der Waals surface area (Å²) in [6.45, 7) is 5.28. The van der Waals surface area contributed by atoms with Crippen molar-refractivity contribution in [2.45, 2.75) is 43.4 Å². The standard InChI is InChI=1S/C26H33FN2OS/c27-24-5-7-25(8-6-24)31-19-20-11-16-29(17-12-20)15-1-2-26(30)23-4-3-21-9-13-28-14-10-22(21)18-23/h3-8,18,20,28H,1-2,9-17,19H2. The van der Waals surface area contributed by atoms with Gasteiger partial charge in [-0.05, 0) is 112 Å². The minimum Gasteiger partial charge on any atom is -0.316 e. The quantitative estimate of drug-likeness (QED) is 0.463. The molecule has 2 aromatic carbocycles. The molecule has 0 aromatic heterocycles. The summed E-state index contributed by atoms with van der Waals surface area (Å²) in [5.74, 6) is 1.94. The van der Waals surface area contributed by atoms with Crippen molar-refractivity contribution < 1.29 is 9.18 Å². The fourth-order valence-corrected chi connectivity index (χ4v) is 5.67. The molecule has 0 aliphatic carbocycles. The molecule has 4 rings (SSSR count). The number of thioether (sulfide) groups is 1. The lowest BCUT2D eigenvalue weighted by molar-refractivity contribution is 0.0971. The molecule has 0 amide bonds. The van der Waals surface area contributed by atoms with Crippen LogP contribution in [0.3, 0.4) is 0 Å². The SMILES string of the molecule is O=C(CCCN1CCC(CSc2ccc(F)cc2)CC1)c1ccc2c(c1)CCNCC2. The number of rotatable bonds is 8. The Labute approximate surface area is 189 Å². The Kier molecular flexibility index (Phi) is 8.17. The second kappa shape index (κ2) is 11.3. The van der Waals surface area contributed by atoms with Gasteiger partial charge in [0.1, 0.15) is 5.82 Å². The highest BCUT2D eigenvalue weighted by molar-refractivity contribution is 7.99. The first-order chi connectivity index (χ1) is 15.2. The van der Waals surface area contributed by atoms with Gasteiger partial charge < -0.3 is 10.2 Å². The number of hydrogen-bond donors (Lipinski definition) is 1. The third kappa shape index (κ3) is 6.64. The zero-order chi connectivity index (χ0) is 21.5. The maximum Gasteiger partial charge on any atom is 0.162 e. The number of nitrogens with zero attached hydrogens (tertiary/aromatic N) is 1. The number of benzene rings is 2. The third-order valence-electron chi connectivity index (χ3n) is 6.56. The van der Waals surface area contributed by atoms with E-state index in [9.17, 15) is 9.18 Å². The van der Waals surface area contributed by atoms with E-state index in [-0.39, 0.29) is 11.6 Å². The van der Waals surface area contributed by atoms with Crippen LogP contribution in [0.1, 0.15) is 47.2 Å². The van der Waals surface area contributed by atoms with Gasteiger partial charge in [0.15, 0.2) is 5.78 Å². The summed E-state index contributed by atoms with van der Waals surface area (Å²) < 4.78 is 13.0. The number of carbonyl (C=O) groups is 1. The van der Waals surface area contributed by atoms with Gasteiger partial charge in [-0.2, -0.15) is 0 Å². The first-order valence-electron chi connectivity index (χ1n) is 11.6. The number of Topliss-reactive ketones (excluding diaryl/α,β-unsaturated/α-hetero) is 1. The summed E-state index contributed by atoms with van der Waals surface area (Å²) in [6.07, 6.45) is 6.07. The normalized spacial score (nSPS) is 17.8. The number of fused-ring (bicyclic) bond motifs is 1. The number of hydrogen-bond acceptors (Lipinski definition) is 4. The molecule has 0 bridgehead atoms. The summed E-state index contributed by atoms with van der Waals surface area (Å²) in [4.78, 5) is 16.3. The van der Waals surface area contributed by atoms with Gasteiger partial charge in [-0.3, -0.25) is 4.79 Å². The van der Waals surface area contributed by atoms with E-state index in [2.05, 4.69) is 22.3 Å². The molecule has 1 saturated heterocycles. The van der Waals surface area contributed by atoms with Gasteiger partial charge in [-0.1, -0.05) is 12.1 Å². The van der Waals surface area contributed by atoms with Crippen LogP contribution in [0.15, 0.2) is 47.4 Å². The highest BCUT2D eigenvalue weighted by Gasteiger charge is 2.19. The Morgan fingerprint density at radius 1 is 1.03 bits per heavy atom. The van der Waals surface area contributed by atoms with Gasteiger partial charge in [0.05, 0.1) is 0 Å². The molecule has 1 fully saturated rings. The van der Waals surface area contributed by atoms with Crippen LogP contribution in [-0.2, 0) is 12.8 Å². The molecule has 3 nitrogen and oxygen atoms in total. The molecule has 31 heavy (non-hydrogen) atoms. The second-order valence-electron chi connectivity index (χ2n) is 8.81. The van der Waals surface area contributed by atoms with Crippen LogP contribution < -0.4 is 5.32 Å².